The number of hydrogen-bond donors (Lipinski definition) is 5. The highest BCUT2D eigenvalue weighted by Crippen LogP contribution is 2.64. The van der Waals surface area contributed by atoms with Gasteiger partial charge in [0, 0.05) is 43.6 Å². The molecule has 6 aromatic heterocycles. The topological polar surface area (TPSA) is 1030 Å². The standard InChI is InChI=1S/C13H20N5O13P3.C13H20N5O12P3.C13H21N2O14P3.C12H20N3O13P3/c1-2-3-27-7-4-9(18-6-15-10-11(18)16-13(14)17-12(10)19)29-8(7)5-28-33(23,24)31-34(25,26)30-32(20,21)22;1-2-3-26-8-4-10(18-7-17-11-12(14)15-6-16-13(11)18)28-9(8)5-27-32(22,23)30-33(24,25)29-31(19,20)21;1-3-4-25-9-5-11(15-6-8(2)12(16)14-13(15)17)27-10(9)7-26-31(21,22)29-32(23,24)28-30(18,19)20;1-2-5-24-8-6-11(15-4-3-10(13)14-12(15)16)26-9(8)7-25-30(20,21)28-31(22,23)27-29(17,18)19/h2,6-9H,1,3-5H2,(H,23,24)(H,25,26)(H2,20,21,22)(H3,14,16,17,19);2,6-10H,1,3-5H2,(H,22,23)(H,24,25)(H2,14,15,16)(H2,19,20,21);3,6,9-11H,1,4-5,7H2,2H3,(H,21,22)(H,23,24)(H,14,16,17)(H2,18,19,20);2-4,8-9,11H,1,5-7H2,(H,20,21)(H,22,23)(H2,13,14,16)(H2,17,18,19)/p-16/t7?,8-,9-;8?,9-,10-;9?,10-,11-;8?,9-,11-/m1111/s1. The highest BCUT2D eigenvalue weighted by atomic mass is 31.3. The van der Waals surface area contributed by atoms with Gasteiger partial charge in [-0.25, -0.2) is 46.8 Å². The number of fused-ring (bicyclic) bond motifs is 2. The normalized spacial score (nSPS) is 25.1. The Morgan fingerprint density at radius 1 is 0.415 bits per heavy atom. The quantitative estimate of drug-likeness (QED) is 0.0175. The van der Waals surface area contributed by atoms with Crippen LogP contribution in [0.1, 0.15) is 56.2 Å². The van der Waals surface area contributed by atoms with E-state index in [1.165, 1.54) is 77.8 Å². The number of nitrogens with two attached hydrogens (primary N) is 3. The lowest BCUT2D eigenvalue weighted by atomic mass is 10.2. The second-order valence-corrected chi connectivity index (χ2v) is 42.2. The van der Waals surface area contributed by atoms with Crippen molar-refractivity contribution in [3.8, 4) is 0 Å². The number of anilines is 3. The predicted molar refractivity (Wildman–Crippen MR) is 389 cm³/mol. The molecule has 0 saturated carbocycles. The number of phosphoric ester groups is 4. The number of aromatic amines is 2. The number of aromatic nitrogens is 12. The Labute approximate surface area is 724 Å². The minimum atomic E-state index is -6.12. The first-order valence-electron chi connectivity index (χ1n) is 34.5. The molecular weight excluding hydrogens is 2030 g/mol. The van der Waals surface area contributed by atoms with Crippen molar-refractivity contribution in [1.29, 1.82) is 0 Å². The third-order valence-electron chi connectivity index (χ3n) is 15.7. The first-order chi connectivity index (χ1) is 59.8. The van der Waals surface area contributed by atoms with Crippen molar-refractivity contribution < 1.29 is 224 Å². The van der Waals surface area contributed by atoms with Crippen molar-refractivity contribution in [3.05, 3.63) is 135 Å². The molecule has 12 unspecified atom stereocenters. The molecule has 4 aliphatic rings. The molecule has 4 fully saturated rings. The van der Waals surface area contributed by atoms with Gasteiger partial charge in [-0.05, 0) is 13.0 Å². The summed E-state index contributed by atoms with van der Waals surface area (Å²) in [6.07, 6.45) is 0.688. The Balaban J connectivity index is 0.000000237. The first-order valence-corrected chi connectivity index (χ1v) is 52.1. The zero-order valence-electron chi connectivity index (χ0n) is 64.8. The Morgan fingerprint density at radius 2 is 0.738 bits per heavy atom. The monoisotopic (exact) mass is 2090 g/mol. The van der Waals surface area contributed by atoms with Gasteiger partial charge in [0.1, 0.15) is 67.0 Å². The van der Waals surface area contributed by atoms with Crippen molar-refractivity contribution >= 4 is 134 Å². The predicted octanol–water partition coefficient (Wildman–Crippen LogP) is -9.52. The van der Waals surface area contributed by atoms with Gasteiger partial charge in [-0.3, -0.25) is 91.6 Å². The summed E-state index contributed by atoms with van der Waals surface area (Å²) in [5.74, 6) is -0.0931. The fourth-order valence-corrected chi connectivity index (χ4v) is 22.5. The average Bonchev–Trinajstić information content (AvgIpc) is 1.63. The van der Waals surface area contributed by atoms with Gasteiger partial charge in [0.2, 0.25) is 5.95 Å². The summed E-state index contributed by atoms with van der Waals surface area (Å²) in [6.45, 7) is 12.0. The zero-order valence-corrected chi connectivity index (χ0v) is 75.5. The van der Waals surface area contributed by atoms with Crippen molar-refractivity contribution in [2.75, 3.05) is 70.1 Å². The third kappa shape index (κ3) is 36.0. The molecule has 4 aliphatic heterocycles. The van der Waals surface area contributed by atoms with Crippen molar-refractivity contribution in [1.82, 2.24) is 58.1 Å². The van der Waals surface area contributed by atoms with Gasteiger partial charge in [-0.15, -0.1) is 26.3 Å². The SMILES string of the molecule is C=CCOC1C[C@H](n2cc(C)c(=O)[nH]c2=O)O[C@@H]1COP(=O)([O-])OP(=O)([O-])OP(=O)([O-])[O-].C=CCOC1C[C@H](n2ccc(N)nc2=O)O[C@@H]1COP(=O)([O-])OP(=O)([O-])OP(=O)([O-])[O-].C=CCOC1C[C@H](n2cnc3c(=O)[nH]c(N)nc32)O[C@@H]1COP(=O)([O-])OP(=O)([O-])OP(=O)([O-])[O-].C=CCOC1C[C@H](n2cnc3c(N)ncnc32)O[C@@H]1COP(=O)([O-])OP(=O)([O-])OP(=O)([O-])[O-]. The fraction of sp³-hybridized carbons (Fsp3) is 0.490. The molecule has 8 N–H and O–H groups in total. The summed E-state index contributed by atoms with van der Waals surface area (Å²) < 4.78 is 227. The largest absolute Gasteiger partial charge is 0.790 e. The van der Waals surface area contributed by atoms with Gasteiger partial charge in [0.15, 0.2) is 22.6 Å². The van der Waals surface area contributed by atoms with Crippen LogP contribution in [0.3, 0.4) is 0 Å². The second-order valence-electron chi connectivity index (χ2n) is 25.2. The summed E-state index contributed by atoms with van der Waals surface area (Å²) in [5.41, 5.74) is 14.8. The van der Waals surface area contributed by atoms with Crippen molar-refractivity contribution in [2.45, 2.75) is 106 Å². The van der Waals surface area contributed by atoms with E-state index in [4.69, 9.17) is 55.1 Å². The minimum Gasteiger partial charge on any atom is -0.790 e. The van der Waals surface area contributed by atoms with Crippen molar-refractivity contribution in [2.24, 2.45) is 0 Å². The van der Waals surface area contributed by atoms with Gasteiger partial charge in [0.05, 0.1) is 121 Å². The Kier molecular flexibility index (Phi) is 39.2. The number of nitrogen functional groups attached to an aromatic ring is 3. The molecule has 0 aromatic carbocycles. The van der Waals surface area contributed by atoms with Gasteiger partial charge in [-0.1, -0.05) is 24.3 Å². The number of aryl methyl sites for hydroxylation is 1. The highest BCUT2D eigenvalue weighted by molar-refractivity contribution is 7.66. The molecule has 6 aromatic rings. The van der Waals surface area contributed by atoms with Crippen LogP contribution in [0, 0.1) is 6.92 Å². The molecule has 0 bridgehead atoms. The van der Waals surface area contributed by atoms with E-state index in [2.05, 4.69) is 119 Å². The maximum atomic E-state index is 12.1. The lowest BCUT2D eigenvalue weighted by Gasteiger charge is -2.37. The molecule has 67 nitrogen and oxygen atoms in total. The molecule has 4 saturated heterocycles. The van der Waals surface area contributed by atoms with E-state index in [9.17, 15) is 152 Å². The molecule has 0 radical (unpaired) electrons. The average molecular weight is 2090 g/mol. The van der Waals surface area contributed by atoms with Crippen LogP contribution in [-0.4, -0.2) is 160 Å². The number of H-pyrrole nitrogens is 2. The minimum absolute atomic E-state index is 0.00399. The molecule has 0 amide bonds. The summed E-state index contributed by atoms with van der Waals surface area (Å²) in [7, 11) is -71.7. The van der Waals surface area contributed by atoms with Crippen LogP contribution in [0.15, 0.2) is 107 Å². The van der Waals surface area contributed by atoms with Gasteiger partial charge < -0.3 is 170 Å². The number of nitrogens with one attached hydrogen (secondary N) is 2. The van der Waals surface area contributed by atoms with Crippen LogP contribution < -0.4 is 118 Å². The smallest absolute Gasteiger partial charge is 0.351 e. The number of rotatable bonds is 44. The molecule has 20 atom stereocenters. The highest BCUT2D eigenvalue weighted by Gasteiger charge is 2.44. The third-order valence-corrected chi connectivity index (χ3v) is 30.4. The second kappa shape index (κ2) is 45.9. The molecule has 79 heteroatoms. The van der Waals surface area contributed by atoms with Crippen LogP contribution >= 0.6 is 93.9 Å². The lowest BCUT2D eigenvalue weighted by molar-refractivity contribution is -0.342. The Bertz CT molecular complexity index is 5890. The van der Waals surface area contributed by atoms with Gasteiger partial charge in [-0.2, -0.15) is 9.97 Å². The van der Waals surface area contributed by atoms with Crippen LogP contribution in [0.2, 0.25) is 0 Å². The van der Waals surface area contributed by atoms with E-state index in [0.29, 0.717) is 11.2 Å². The summed E-state index contributed by atoms with van der Waals surface area (Å²) in [4.78, 5) is 250. The molecule has 732 valence electrons. The van der Waals surface area contributed by atoms with Crippen LogP contribution in [0.4, 0.5) is 17.6 Å². The number of ether oxygens (including phenoxy) is 8. The zero-order chi connectivity index (χ0) is 97.5. The molecule has 0 spiro atoms. The van der Waals surface area contributed by atoms with Gasteiger partial charge >= 0.3 is 11.4 Å². The van der Waals surface area contributed by atoms with Gasteiger partial charge in [0.25, 0.3) is 73.7 Å². The Hall–Kier alpha value is -5.86. The maximum Gasteiger partial charge on any atom is 0.351 e. The van der Waals surface area contributed by atoms with E-state index in [0.717, 1.165) is 9.13 Å². The number of imidazole rings is 2. The van der Waals surface area contributed by atoms with E-state index in [1.54, 1.807) is 0 Å². The summed E-state index contributed by atoms with van der Waals surface area (Å²) in [5, 5.41) is 0. The maximum absolute atomic E-state index is 12.1. The molecular formula is C51H65N15O52P12-16. The van der Waals surface area contributed by atoms with E-state index >= 15 is 0 Å². The molecule has 130 heavy (non-hydrogen) atoms. The number of hydrogen-bond acceptors (Lipinski definition) is 61. The first kappa shape index (κ1) is 111. The Morgan fingerprint density at radius 3 is 1.07 bits per heavy atom. The number of nitrogens with zero attached hydrogens (tertiary/aromatic N) is 10. The van der Waals surface area contributed by atoms with E-state index in [1.807, 2.05) is 0 Å². The van der Waals surface area contributed by atoms with Crippen LogP contribution in [0.5, 0.6) is 0 Å². The van der Waals surface area contributed by atoms with Crippen LogP contribution in [0.25, 0.3) is 22.3 Å². The fourth-order valence-electron chi connectivity index (χ4n) is 11.0. The van der Waals surface area contributed by atoms with E-state index < -0.39 is 217 Å². The lowest BCUT2D eigenvalue weighted by Crippen LogP contribution is -2.33. The summed E-state index contributed by atoms with van der Waals surface area (Å²) in [6, 6.07) is 1.32. The summed E-state index contributed by atoms with van der Waals surface area (Å²) >= 11 is 0. The van der Waals surface area contributed by atoms with Crippen LogP contribution in [-0.2, 0) is 145 Å². The number of phosphoric acid groups is 12. The van der Waals surface area contributed by atoms with E-state index in [-0.39, 0.29) is 86.4 Å². The molecule has 10 heterocycles. The van der Waals surface area contributed by atoms with Crippen molar-refractivity contribution in [3.63, 3.8) is 0 Å². The molecule has 0 aliphatic carbocycles. The molecule has 10 rings (SSSR count).